The van der Waals surface area contributed by atoms with Crippen LogP contribution in [0.25, 0.3) is 0 Å². The molecule has 0 bridgehead atoms. The predicted octanol–water partition coefficient (Wildman–Crippen LogP) is 1.90. The fourth-order valence-electron chi connectivity index (χ4n) is 3.73. The zero-order valence-electron chi connectivity index (χ0n) is 11.8. The molecule has 1 aromatic heterocycles. The first-order chi connectivity index (χ1) is 9.24. The van der Waals surface area contributed by atoms with Gasteiger partial charge in [0.25, 0.3) is 0 Å². The van der Waals surface area contributed by atoms with E-state index in [1.165, 1.54) is 37.7 Å². The van der Waals surface area contributed by atoms with Crippen LogP contribution < -0.4 is 0 Å². The van der Waals surface area contributed by atoms with Crippen molar-refractivity contribution in [3.8, 4) is 0 Å². The second-order valence-electron chi connectivity index (χ2n) is 6.18. The minimum Gasteiger partial charge on any atom is -0.391 e. The largest absolute Gasteiger partial charge is 0.391 e. The number of aliphatic hydroxyl groups is 1. The number of aromatic nitrogens is 2. The Kier molecular flexibility index (Phi) is 3.89. The fraction of sp³-hybridized carbons (Fsp3) is 0.800. The molecule has 1 aromatic rings. The van der Waals surface area contributed by atoms with Gasteiger partial charge in [-0.15, -0.1) is 0 Å². The lowest BCUT2D eigenvalue weighted by Gasteiger charge is -2.41. The van der Waals surface area contributed by atoms with E-state index in [9.17, 15) is 5.11 Å². The maximum Gasteiger partial charge on any atom is 0.0695 e. The highest BCUT2D eigenvalue weighted by Gasteiger charge is 2.31. The quantitative estimate of drug-likeness (QED) is 0.886. The molecule has 2 fully saturated rings. The minimum atomic E-state index is -0.0938. The van der Waals surface area contributed by atoms with Gasteiger partial charge >= 0.3 is 0 Å². The highest BCUT2D eigenvalue weighted by atomic mass is 16.3. The maximum absolute atomic E-state index is 10.2. The van der Waals surface area contributed by atoms with Gasteiger partial charge in [0.05, 0.1) is 12.3 Å². The Labute approximate surface area is 115 Å². The number of rotatable bonds is 2. The normalized spacial score (nSPS) is 30.6. The molecule has 0 spiro atoms. The molecule has 4 heteroatoms. The Balaban J connectivity index is 1.57. The third-order valence-electron chi connectivity index (χ3n) is 4.89. The summed E-state index contributed by atoms with van der Waals surface area (Å²) < 4.78 is 1.90. The van der Waals surface area contributed by atoms with Crippen LogP contribution in [-0.4, -0.2) is 45.0 Å². The zero-order chi connectivity index (χ0) is 13.2. The van der Waals surface area contributed by atoms with Crippen LogP contribution >= 0.6 is 0 Å². The number of likely N-dealkylation sites (tertiary alicyclic amines) is 1. The third-order valence-corrected chi connectivity index (χ3v) is 4.89. The number of nitrogens with zero attached hydrogens (tertiary/aromatic N) is 3. The van der Waals surface area contributed by atoms with Crippen molar-refractivity contribution in [1.29, 1.82) is 0 Å². The van der Waals surface area contributed by atoms with Gasteiger partial charge in [0, 0.05) is 19.3 Å². The first-order valence-corrected chi connectivity index (χ1v) is 7.64. The van der Waals surface area contributed by atoms with E-state index >= 15 is 0 Å². The fourth-order valence-corrected chi connectivity index (χ4v) is 3.73. The number of aliphatic hydroxyl groups excluding tert-OH is 1. The molecule has 4 nitrogen and oxygen atoms in total. The van der Waals surface area contributed by atoms with Crippen LogP contribution in [0.1, 0.15) is 50.0 Å². The van der Waals surface area contributed by atoms with Crippen LogP contribution in [0.5, 0.6) is 0 Å². The Hall–Kier alpha value is -0.870. The van der Waals surface area contributed by atoms with Gasteiger partial charge in [-0.3, -0.25) is 9.58 Å². The van der Waals surface area contributed by atoms with Crippen molar-refractivity contribution < 1.29 is 5.11 Å². The van der Waals surface area contributed by atoms with Crippen molar-refractivity contribution in [2.75, 3.05) is 13.1 Å². The highest BCUT2D eigenvalue weighted by molar-refractivity contribution is 5.12. The van der Waals surface area contributed by atoms with E-state index in [0.717, 1.165) is 19.5 Å². The van der Waals surface area contributed by atoms with Crippen LogP contribution in [0, 0.1) is 0 Å². The topological polar surface area (TPSA) is 41.3 Å². The second-order valence-corrected chi connectivity index (χ2v) is 6.18. The SMILES string of the molecule is Cn1cc(C2CCN([C@@H]3CCCC[C@H]3O)CC2)cn1. The van der Waals surface area contributed by atoms with Crippen molar-refractivity contribution >= 4 is 0 Å². The molecule has 3 rings (SSSR count). The van der Waals surface area contributed by atoms with Crippen LogP contribution in [-0.2, 0) is 7.05 Å². The van der Waals surface area contributed by atoms with Crippen molar-refractivity contribution in [1.82, 2.24) is 14.7 Å². The van der Waals surface area contributed by atoms with E-state index in [-0.39, 0.29) is 6.10 Å². The zero-order valence-corrected chi connectivity index (χ0v) is 11.8. The average molecular weight is 263 g/mol. The standard InChI is InChI=1S/C15H25N3O/c1-17-11-13(10-16-17)12-6-8-18(9-7-12)14-4-2-3-5-15(14)19/h10-12,14-15,19H,2-9H2,1H3/t14-,15-/m1/s1. The molecule has 2 heterocycles. The van der Waals surface area contributed by atoms with Gasteiger partial charge < -0.3 is 5.11 Å². The number of aryl methyl sites for hydroxylation is 1. The van der Waals surface area contributed by atoms with E-state index in [1.807, 2.05) is 17.9 Å². The molecule has 106 valence electrons. The summed E-state index contributed by atoms with van der Waals surface area (Å²) in [6.07, 6.45) is 11.1. The maximum atomic E-state index is 10.2. The van der Waals surface area contributed by atoms with Gasteiger partial charge in [0.1, 0.15) is 0 Å². The van der Waals surface area contributed by atoms with Crippen LogP contribution in [0.2, 0.25) is 0 Å². The Bertz CT molecular complexity index is 409. The molecule has 0 amide bonds. The molecular formula is C15H25N3O. The van der Waals surface area contributed by atoms with Gasteiger partial charge in [-0.05, 0) is 50.3 Å². The van der Waals surface area contributed by atoms with Crippen molar-refractivity contribution in [2.45, 2.75) is 56.6 Å². The first kappa shape index (κ1) is 13.1. The Morgan fingerprint density at radius 2 is 1.89 bits per heavy atom. The van der Waals surface area contributed by atoms with E-state index in [1.54, 1.807) is 0 Å². The number of hydrogen-bond acceptors (Lipinski definition) is 3. The van der Waals surface area contributed by atoms with Crippen molar-refractivity contribution in [3.63, 3.8) is 0 Å². The Morgan fingerprint density at radius 1 is 1.16 bits per heavy atom. The van der Waals surface area contributed by atoms with Gasteiger partial charge in [-0.2, -0.15) is 5.10 Å². The van der Waals surface area contributed by atoms with Gasteiger partial charge in [-0.1, -0.05) is 12.8 Å². The molecule has 1 saturated heterocycles. The van der Waals surface area contributed by atoms with Gasteiger partial charge in [0.15, 0.2) is 0 Å². The van der Waals surface area contributed by atoms with Crippen LogP contribution in [0.4, 0.5) is 0 Å². The molecule has 19 heavy (non-hydrogen) atoms. The molecule has 1 aliphatic heterocycles. The monoisotopic (exact) mass is 263 g/mol. The minimum absolute atomic E-state index is 0.0938. The molecule has 1 aliphatic carbocycles. The molecule has 1 saturated carbocycles. The summed E-state index contributed by atoms with van der Waals surface area (Å²) in [5.41, 5.74) is 1.38. The molecule has 0 radical (unpaired) electrons. The van der Waals surface area contributed by atoms with E-state index in [0.29, 0.717) is 12.0 Å². The summed E-state index contributed by atoms with van der Waals surface area (Å²) in [5, 5.41) is 14.4. The molecule has 0 unspecified atom stereocenters. The number of piperidine rings is 1. The van der Waals surface area contributed by atoms with Crippen molar-refractivity contribution in [3.05, 3.63) is 18.0 Å². The Morgan fingerprint density at radius 3 is 2.53 bits per heavy atom. The summed E-state index contributed by atoms with van der Waals surface area (Å²) in [4.78, 5) is 2.52. The van der Waals surface area contributed by atoms with Crippen LogP contribution in [0.3, 0.4) is 0 Å². The summed E-state index contributed by atoms with van der Waals surface area (Å²) in [6, 6.07) is 0.420. The first-order valence-electron chi connectivity index (χ1n) is 7.64. The molecule has 1 N–H and O–H groups in total. The second kappa shape index (κ2) is 5.63. The summed E-state index contributed by atoms with van der Waals surface area (Å²) in [7, 11) is 1.98. The predicted molar refractivity (Wildman–Crippen MR) is 75.0 cm³/mol. The van der Waals surface area contributed by atoms with Crippen molar-refractivity contribution in [2.24, 2.45) is 7.05 Å². The highest BCUT2D eigenvalue weighted by Crippen LogP contribution is 2.31. The summed E-state index contributed by atoms with van der Waals surface area (Å²) in [5.74, 6) is 0.658. The average Bonchev–Trinajstić information content (AvgIpc) is 2.86. The molecule has 0 aromatic carbocycles. The lowest BCUT2D eigenvalue weighted by Crippen LogP contribution is -2.48. The smallest absolute Gasteiger partial charge is 0.0695 e. The lowest BCUT2D eigenvalue weighted by atomic mass is 9.86. The van der Waals surface area contributed by atoms with E-state index < -0.39 is 0 Å². The molecule has 2 aliphatic rings. The van der Waals surface area contributed by atoms with Gasteiger partial charge in [-0.25, -0.2) is 0 Å². The lowest BCUT2D eigenvalue weighted by molar-refractivity contribution is 0.00870. The van der Waals surface area contributed by atoms with E-state index in [4.69, 9.17) is 0 Å². The third kappa shape index (κ3) is 2.84. The number of hydrogen-bond donors (Lipinski definition) is 1. The van der Waals surface area contributed by atoms with Crippen LogP contribution in [0.15, 0.2) is 12.4 Å². The van der Waals surface area contributed by atoms with Gasteiger partial charge in [0.2, 0.25) is 0 Å². The molecular weight excluding hydrogens is 238 g/mol. The summed E-state index contributed by atoms with van der Waals surface area (Å²) >= 11 is 0. The molecule has 2 atom stereocenters. The summed E-state index contributed by atoms with van der Waals surface area (Å²) in [6.45, 7) is 2.25. The van der Waals surface area contributed by atoms with E-state index in [2.05, 4.69) is 16.2 Å².